The second kappa shape index (κ2) is 35.0. The van der Waals surface area contributed by atoms with E-state index < -0.39 is 54.9 Å². The molecule has 0 amide bonds. The van der Waals surface area contributed by atoms with Crippen LogP contribution in [0.3, 0.4) is 0 Å². The number of pyridine rings is 3. The molecule has 0 bridgehead atoms. The summed E-state index contributed by atoms with van der Waals surface area (Å²) in [6, 6.07) is 23.9. The van der Waals surface area contributed by atoms with E-state index >= 15 is 0 Å². The average molecular weight is 1800 g/mol. The molecule has 0 unspecified atom stereocenters. The maximum atomic E-state index is 14.7. The van der Waals surface area contributed by atoms with Gasteiger partial charge in [0.25, 0.3) is 20.0 Å². The minimum absolute atomic E-state index is 0.00454. The molecule has 37 heteroatoms. The number of morpholine rings is 3. The number of hydrogen-bond donors (Lipinski definition) is 1. The molecule has 5 aromatic carbocycles. The number of thiazole rings is 3. The molecular weight excluding hydrogens is 1720 g/mol. The van der Waals surface area contributed by atoms with Crippen LogP contribution in [-0.2, 0) is 43.6 Å². The van der Waals surface area contributed by atoms with Gasteiger partial charge in [-0.1, -0.05) is 58.1 Å². The largest absolute Gasteiger partial charge is 0.507 e. The summed E-state index contributed by atoms with van der Waals surface area (Å²) in [7, 11) is -4.53. The second-order valence-electron chi connectivity index (χ2n) is 29.1. The Morgan fingerprint density at radius 3 is 1.25 bits per heavy atom. The minimum atomic E-state index is -4.10. The van der Waals surface area contributed by atoms with Gasteiger partial charge in [0.15, 0.2) is 61.4 Å². The standard InChI is InChI=1S/C28H24F2N4O4S2.C21H15BrF2N2O3S.C21H18F2N4O2S.C13H21BN2O3S/c1-17-3-5-20(6-4-17)40(35,36)34-16-23(21-12-19(29)13-24(30)26(21)37-2)22-11-18(14-31-27(22)34)25-15-32-28(39-25)33-7-9-38-10-8-33;1-12-3-5-15(6-4-12)30(27,28)26-11-18(17-7-13(22)10-25-21(17)26)16-8-14(23)9-19(24)20(16)29-2;1-28-19-14(7-13(22)8-17(19)23)16-10-25-20-15(16)6-12(9-24-20)18-11-26-21(30-18)27-2-4-29-5-3-27;1-12(2)13(3,4)19-14(18-12)10-9-15-11(20-10)16-5-7-17-8-6-16/h3-6,11-16H,7-10H2,1-2H3;3-11H,1-2H3;6-11H,2-5H2,1H3,(H,24,25);9H,5-8H2,1-4H3. The van der Waals surface area contributed by atoms with Crippen LogP contribution in [0.4, 0.5) is 41.7 Å². The molecule has 120 heavy (non-hydrogen) atoms. The number of aromatic nitrogens is 9. The molecule has 24 nitrogen and oxygen atoms in total. The Hall–Kier alpha value is -10.3. The lowest BCUT2D eigenvalue weighted by Gasteiger charge is -2.32. The van der Waals surface area contributed by atoms with Gasteiger partial charge in [-0.15, -0.1) is 11.3 Å². The molecular formula is C83H78BBrF6N12O12S5. The van der Waals surface area contributed by atoms with Crippen molar-refractivity contribution in [3.05, 3.63) is 209 Å². The summed E-state index contributed by atoms with van der Waals surface area (Å²) in [5.74, 6) is -5.24. The molecule has 13 heterocycles. The van der Waals surface area contributed by atoms with Gasteiger partial charge < -0.3 is 57.4 Å². The monoisotopic (exact) mass is 1800 g/mol. The molecule has 9 aromatic heterocycles. The van der Waals surface area contributed by atoms with Crippen molar-refractivity contribution < 1.29 is 80.9 Å². The summed E-state index contributed by atoms with van der Waals surface area (Å²) in [5.41, 5.74) is 5.27. The third-order valence-corrected chi connectivity index (χ3v) is 27.8. The number of nitrogens with zero attached hydrogens (tertiary/aromatic N) is 11. The molecule has 4 saturated heterocycles. The number of aromatic amines is 1. The zero-order valence-corrected chi connectivity index (χ0v) is 71.7. The molecule has 1 N–H and O–H groups in total. The predicted octanol–water partition coefficient (Wildman–Crippen LogP) is 16.5. The molecule has 0 spiro atoms. The molecule has 4 aliphatic heterocycles. The molecule has 0 saturated carbocycles. The number of methoxy groups -OCH3 is 3. The molecule has 624 valence electrons. The van der Waals surface area contributed by atoms with Crippen molar-refractivity contribution in [2.75, 3.05) is 115 Å². The lowest BCUT2D eigenvalue weighted by molar-refractivity contribution is 0.00578. The highest BCUT2D eigenvalue weighted by molar-refractivity contribution is 9.10. The van der Waals surface area contributed by atoms with Gasteiger partial charge in [0.2, 0.25) is 0 Å². The minimum Gasteiger partial charge on any atom is -0.493 e. The normalized spacial score (nSPS) is 15.5. The summed E-state index contributed by atoms with van der Waals surface area (Å²) >= 11 is 8.02. The summed E-state index contributed by atoms with van der Waals surface area (Å²) < 4.78 is 187. The zero-order chi connectivity index (χ0) is 84.7. The predicted molar refractivity (Wildman–Crippen MR) is 456 cm³/mol. The first kappa shape index (κ1) is 84.7. The average Bonchev–Trinajstić information content (AvgIpc) is 1.61. The van der Waals surface area contributed by atoms with Gasteiger partial charge >= 0.3 is 7.12 Å². The molecule has 14 aromatic rings. The van der Waals surface area contributed by atoms with E-state index in [0.717, 1.165) is 137 Å². The Balaban J connectivity index is 0.000000128. The first-order valence-corrected chi connectivity index (χ1v) is 43.7. The lowest BCUT2D eigenvalue weighted by atomic mass is 9.89. The van der Waals surface area contributed by atoms with Crippen molar-refractivity contribution in [3.8, 4) is 71.5 Å². The van der Waals surface area contributed by atoms with Gasteiger partial charge in [-0.3, -0.25) is 0 Å². The Morgan fingerprint density at radius 1 is 0.450 bits per heavy atom. The van der Waals surface area contributed by atoms with Gasteiger partial charge in [-0.2, -0.15) is 0 Å². The van der Waals surface area contributed by atoms with Crippen molar-refractivity contribution in [1.29, 1.82) is 0 Å². The number of fused-ring (bicyclic) bond motifs is 3. The van der Waals surface area contributed by atoms with Crippen LogP contribution < -0.4 is 33.7 Å². The quantitative estimate of drug-likeness (QED) is 0.0696. The molecule has 0 aliphatic carbocycles. The fourth-order valence-electron chi connectivity index (χ4n) is 13.8. The number of halogens is 7. The van der Waals surface area contributed by atoms with Crippen LogP contribution >= 0.6 is 49.9 Å². The van der Waals surface area contributed by atoms with Gasteiger partial charge in [0.1, 0.15) is 23.1 Å². The highest BCUT2D eigenvalue weighted by Gasteiger charge is 2.52. The Bertz CT molecular complexity index is 6360. The number of benzene rings is 5. The van der Waals surface area contributed by atoms with E-state index in [1.54, 1.807) is 83.9 Å². The van der Waals surface area contributed by atoms with E-state index in [1.165, 1.54) is 81.6 Å². The van der Waals surface area contributed by atoms with E-state index in [-0.39, 0.29) is 78.9 Å². The van der Waals surface area contributed by atoms with Crippen molar-refractivity contribution in [1.82, 2.24) is 42.8 Å². The van der Waals surface area contributed by atoms with Crippen LogP contribution in [0.2, 0.25) is 0 Å². The van der Waals surface area contributed by atoms with Crippen LogP contribution in [0.1, 0.15) is 38.8 Å². The molecule has 4 fully saturated rings. The number of aryl methyl sites for hydroxylation is 2. The van der Waals surface area contributed by atoms with Crippen molar-refractivity contribution in [2.45, 2.75) is 62.5 Å². The van der Waals surface area contributed by atoms with Crippen molar-refractivity contribution in [3.63, 3.8) is 0 Å². The van der Waals surface area contributed by atoms with E-state index in [0.29, 0.717) is 70.1 Å². The summed E-state index contributed by atoms with van der Waals surface area (Å²) in [5, 5.41) is 4.33. The Morgan fingerprint density at radius 2 is 0.825 bits per heavy atom. The van der Waals surface area contributed by atoms with Gasteiger partial charge in [0.05, 0.1) is 96.5 Å². The number of nitrogens with one attached hydrogen (secondary N) is 1. The van der Waals surface area contributed by atoms with Crippen molar-refractivity contribution >= 4 is 130 Å². The van der Waals surface area contributed by atoms with Gasteiger partial charge in [-0.05, 0) is 118 Å². The molecule has 0 radical (unpaired) electrons. The molecule has 0 atom stereocenters. The fourth-order valence-corrected chi connectivity index (χ4v) is 19.6. The van der Waals surface area contributed by atoms with Gasteiger partial charge in [0, 0.05) is 178 Å². The highest BCUT2D eigenvalue weighted by Crippen LogP contribution is 2.46. The summed E-state index contributed by atoms with van der Waals surface area (Å²) in [6.07, 6.45) is 14.6. The lowest BCUT2D eigenvalue weighted by Crippen LogP contribution is -2.41. The highest BCUT2D eigenvalue weighted by atomic mass is 79.9. The SMILES string of the molecule is CC1(C)OB(c2cnc(N3CCOCC3)s2)OC1(C)C.COc1c(F)cc(F)cc1-c1c[nH]c2ncc(-c3cnc(N4CCOCC4)s3)cc12.COc1c(F)cc(F)cc1-c1cn(S(=O)(=O)c2ccc(C)cc2)c2ncc(-c3cnc(N4CCOCC4)s3)cc12.COc1c(F)cc(F)cc1-c1cn(S(=O)(=O)c2ccc(C)cc2)c2ncc(Br)cc12. The van der Waals surface area contributed by atoms with Gasteiger partial charge in [-0.25, -0.2) is 81.0 Å². The Labute approximate surface area is 707 Å². The van der Waals surface area contributed by atoms with E-state index in [1.807, 2.05) is 32.3 Å². The third kappa shape index (κ3) is 17.4. The smallest absolute Gasteiger partial charge is 0.493 e. The first-order chi connectivity index (χ1) is 57.5. The number of hydrogen-bond acceptors (Lipinski definition) is 24. The van der Waals surface area contributed by atoms with Crippen LogP contribution in [-0.4, -0.2) is 178 Å². The van der Waals surface area contributed by atoms with Crippen LogP contribution in [0.15, 0.2) is 173 Å². The van der Waals surface area contributed by atoms with E-state index in [2.05, 4.69) is 93.2 Å². The number of H-pyrrole nitrogens is 1. The van der Waals surface area contributed by atoms with Crippen LogP contribution in [0, 0.1) is 48.8 Å². The fraction of sp³-hybridized carbons (Fsp3) is 0.277. The van der Waals surface area contributed by atoms with Crippen LogP contribution in [0.25, 0.3) is 87.4 Å². The van der Waals surface area contributed by atoms with E-state index in [9.17, 15) is 43.2 Å². The molecule has 4 aliphatic rings. The van der Waals surface area contributed by atoms with Crippen molar-refractivity contribution in [2.24, 2.45) is 0 Å². The maximum Gasteiger partial charge on any atom is 0.507 e. The zero-order valence-electron chi connectivity index (χ0n) is 66.1. The Kier molecular flexibility index (Phi) is 24.7. The second-order valence-corrected chi connectivity index (χ2v) is 36.7. The van der Waals surface area contributed by atoms with E-state index in [4.69, 9.17) is 37.7 Å². The first-order valence-electron chi connectivity index (χ1n) is 37.6. The number of ether oxygens (including phenoxy) is 6. The number of rotatable bonds is 16. The third-order valence-electron chi connectivity index (χ3n) is 20.8. The maximum absolute atomic E-state index is 14.7. The summed E-state index contributed by atoms with van der Waals surface area (Å²) in [4.78, 5) is 38.5. The van der Waals surface area contributed by atoms with Crippen LogP contribution in [0.5, 0.6) is 17.2 Å². The summed E-state index contributed by atoms with van der Waals surface area (Å²) in [6.45, 7) is 21.1. The topological polar surface area (TPSA) is 255 Å². The molecule has 18 rings (SSSR count). The number of anilines is 3.